The van der Waals surface area contributed by atoms with Crippen molar-refractivity contribution in [1.29, 1.82) is 0 Å². The molecule has 0 saturated heterocycles. The van der Waals surface area contributed by atoms with Crippen LogP contribution in [0.2, 0.25) is 0 Å². The first-order chi connectivity index (χ1) is 11.3. The van der Waals surface area contributed by atoms with E-state index in [9.17, 15) is 18.0 Å². The minimum Gasteiger partial charge on any atom is -0.307 e. The van der Waals surface area contributed by atoms with Crippen LogP contribution in [0, 0.1) is 6.92 Å². The molecule has 5 nitrogen and oxygen atoms in total. The van der Waals surface area contributed by atoms with E-state index in [1.807, 2.05) is 0 Å². The molecule has 2 heterocycles. The average molecular weight is 334 g/mol. The molecule has 0 saturated carbocycles. The lowest BCUT2D eigenvalue weighted by atomic mass is 10.1. The largest absolute Gasteiger partial charge is 0.435 e. The molecule has 3 rings (SSSR count). The molecule has 0 bridgehead atoms. The van der Waals surface area contributed by atoms with Gasteiger partial charge in [0.1, 0.15) is 5.82 Å². The molecule has 0 aliphatic rings. The van der Waals surface area contributed by atoms with Crippen LogP contribution in [-0.4, -0.2) is 20.7 Å². The van der Waals surface area contributed by atoms with Gasteiger partial charge in [-0.2, -0.15) is 18.3 Å². The Balaban J connectivity index is 1.93. The lowest BCUT2D eigenvalue weighted by Crippen LogP contribution is -2.15. The summed E-state index contributed by atoms with van der Waals surface area (Å²) >= 11 is 0. The number of nitrogens with zero attached hydrogens (tertiary/aromatic N) is 3. The number of hydrogen-bond acceptors (Lipinski definition) is 3. The third-order valence-electron chi connectivity index (χ3n) is 3.65. The number of pyridine rings is 1. The van der Waals surface area contributed by atoms with E-state index in [1.165, 1.54) is 14.0 Å². The number of alkyl halides is 3. The van der Waals surface area contributed by atoms with E-state index >= 15 is 0 Å². The number of carbonyl (C=O) groups is 1. The molecule has 2 aromatic heterocycles. The van der Waals surface area contributed by atoms with Gasteiger partial charge in [-0.1, -0.05) is 6.07 Å². The highest BCUT2D eigenvalue weighted by Crippen LogP contribution is 2.33. The Bertz CT molecular complexity index is 931. The van der Waals surface area contributed by atoms with Gasteiger partial charge in [0, 0.05) is 29.8 Å². The monoisotopic (exact) mass is 334 g/mol. The van der Waals surface area contributed by atoms with Crippen LogP contribution in [0.25, 0.3) is 10.9 Å². The number of nitrogens with one attached hydrogen (secondary N) is 1. The van der Waals surface area contributed by atoms with Crippen molar-refractivity contribution in [3.63, 3.8) is 0 Å². The summed E-state index contributed by atoms with van der Waals surface area (Å²) in [5.41, 5.74) is -0.0846. The number of carbonyl (C=O) groups excluding carboxylic acids is 1. The molecule has 0 fully saturated rings. The van der Waals surface area contributed by atoms with E-state index in [2.05, 4.69) is 15.4 Å². The fourth-order valence-electron chi connectivity index (χ4n) is 2.47. The SMILES string of the molecule is Cc1c(C(F)(F)F)nn(C)c1NC(=O)c1ccc2ncccc2c1. The van der Waals surface area contributed by atoms with Gasteiger partial charge in [-0.25, -0.2) is 0 Å². The predicted molar refractivity (Wildman–Crippen MR) is 82.6 cm³/mol. The molecular weight excluding hydrogens is 321 g/mol. The molecule has 0 aliphatic heterocycles. The summed E-state index contributed by atoms with van der Waals surface area (Å²) in [7, 11) is 1.35. The van der Waals surface area contributed by atoms with Crippen LogP contribution < -0.4 is 5.32 Å². The Morgan fingerprint density at radius 3 is 2.67 bits per heavy atom. The van der Waals surface area contributed by atoms with Crippen molar-refractivity contribution >= 4 is 22.6 Å². The summed E-state index contributed by atoms with van der Waals surface area (Å²) in [5.74, 6) is -0.501. The van der Waals surface area contributed by atoms with Crippen LogP contribution >= 0.6 is 0 Å². The normalized spacial score (nSPS) is 11.7. The number of fused-ring (bicyclic) bond motifs is 1. The summed E-state index contributed by atoms with van der Waals surface area (Å²) in [6.45, 7) is 1.27. The summed E-state index contributed by atoms with van der Waals surface area (Å²) in [5, 5.41) is 6.70. The maximum Gasteiger partial charge on any atom is 0.435 e. The molecule has 1 amide bonds. The van der Waals surface area contributed by atoms with Gasteiger partial charge in [0.25, 0.3) is 5.91 Å². The predicted octanol–water partition coefficient (Wildman–Crippen LogP) is 3.55. The van der Waals surface area contributed by atoms with Gasteiger partial charge in [-0.05, 0) is 31.2 Å². The molecule has 0 unspecified atom stereocenters. The van der Waals surface area contributed by atoms with Crippen molar-refractivity contribution in [1.82, 2.24) is 14.8 Å². The fraction of sp³-hybridized carbons (Fsp3) is 0.188. The number of rotatable bonds is 2. The number of amides is 1. The van der Waals surface area contributed by atoms with Gasteiger partial charge >= 0.3 is 6.18 Å². The average Bonchev–Trinajstić information content (AvgIpc) is 2.82. The fourth-order valence-corrected chi connectivity index (χ4v) is 2.47. The highest BCUT2D eigenvalue weighted by molar-refractivity contribution is 6.06. The van der Waals surface area contributed by atoms with Crippen LogP contribution in [0.5, 0.6) is 0 Å². The summed E-state index contributed by atoms with van der Waals surface area (Å²) in [6.07, 6.45) is -2.93. The van der Waals surface area contributed by atoms with Crippen molar-refractivity contribution in [2.45, 2.75) is 13.1 Å². The number of hydrogen-bond donors (Lipinski definition) is 1. The highest BCUT2D eigenvalue weighted by atomic mass is 19.4. The van der Waals surface area contributed by atoms with E-state index in [0.717, 1.165) is 15.6 Å². The summed E-state index contributed by atoms with van der Waals surface area (Å²) in [4.78, 5) is 16.5. The van der Waals surface area contributed by atoms with E-state index < -0.39 is 17.8 Å². The maximum absolute atomic E-state index is 12.9. The third kappa shape index (κ3) is 2.82. The van der Waals surface area contributed by atoms with Crippen molar-refractivity contribution in [2.75, 3.05) is 5.32 Å². The van der Waals surface area contributed by atoms with E-state index in [4.69, 9.17) is 0 Å². The van der Waals surface area contributed by atoms with Gasteiger partial charge in [0.15, 0.2) is 5.69 Å². The molecule has 3 aromatic rings. The molecule has 0 spiro atoms. The van der Waals surface area contributed by atoms with E-state index in [0.29, 0.717) is 5.56 Å². The number of aromatic nitrogens is 3. The standard InChI is InChI=1S/C16H13F3N4O/c1-9-13(16(17,18)19)22-23(2)14(9)21-15(24)11-5-6-12-10(8-11)4-3-7-20-12/h3-8H,1-2H3,(H,21,24). The Morgan fingerprint density at radius 1 is 1.25 bits per heavy atom. The first kappa shape index (κ1) is 16.0. The Kier molecular flexibility index (Phi) is 3.75. The second-order valence-corrected chi connectivity index (χ2v) is 5.31. The van der Waals surface area contributed by atoms with Gasteiger partial charge in [-0.3, -0.25) is 14.5 Å². The van der Waals surface area contributed by atoms with E-state index in [-0.39, 0.29) is 11.4 Å². The third-order valence-corrected chi connectivity index (χ3v) is 3.65. The maximum atomic E-state index is 12.9. The van der Waals surface area contributed by atoms with Crippen molar-refractivity contribution < 1.29 is 18.0 Å². The minimum absolute atomic E-state index is 0.0126. The molecule has 1 aromatic carbocycles. The van der Waals surface area contributed by atoms with Gasteiger partial charge in [0.2, 0.25) is 0 Å². The van der Waals surface area contributed by atoms with Gasteiger partial charge < -0.3 is 5.32 Å². The van der Waals surface area contributed by atoms with Crippen molar-refractivity contribution in [2.24, 2.45) is 7.05 Å². The lowest BCUT2D eigenvalue weighted by molar-refractivity contribution is -0.141. The van der Waals surface area contributed by atoms with Gasteiger partial charge in [-0.15, -0.1) is 0 Å². The Morgan fingerprint density at radius 2 is 2.00 bits per heavy atom. The minimum atomic E-state index is -4.57. The topological polar surface area (TPSA) is 59.8 Å². The molecule has 0 aliphatic carbocycles. The molecular formula is C16H13F3N4O. The molecule has 8 heteroatoms. The summed E-state index contributed by atoms with van der Waals surface area (Å²) in [6, 6.07) is 8.43. The number of aryl methyl sites for hydroxylation is 1. The first-order valence-electron chi connectivity index (χ1n) is 7.04. The molecule has 24 heavy (non-hydrogen) atoms. The Labute approximate surface area is 135 Å². The quantitative estimate of drug-likeness (QED) is 0.780. The number of benzene rings is 1. The van der Waals surface area contributed by atoms with Crippen LogP contribution in [0.1, 0.15) is 21.6 Å². The van der Waals surface area contributed by atoms with Crippen molar-refractivity contribution in [3.05, 3.63) is 53.3 Å². The van der Waals surface area contributed by atoms with Crippen molar-refractivity contribution in [3.8, 4) is 0 Å². The number of halogens is 3. The van der Waals surface area contributed by atoms with E-state index in [1.54, 1.807) is 36.5 Å². The van der Waals surface area contributed by atoms with Crippen LogP contribution in [0.15, 0.2) is 36.5 Å². The summed E-state index contributed by atoms with van der Waals surface area (Å²) < 4.78 is 39.7. The zero-order chi connectivity index (χ0) is 17.5. The highest BCUT2D eigenvalue weighted by Gasteiger charge is 2.37. The smallest absolute Gasteiger partial charge is 0.307 e. The number of anilines is 1. The first-order valence-corrected chi connectivity index (χ1v) is 7.04. The molecule has 0 radical (unpaired) electrons. The molecule has 0 atom stereocenters. The Hall–Kier alpha value is -2.90. The second-order valence-electron chi connectivity index (χ2n) is 5.31. The second kappa shape index (κ2) is 5.63. The van der Waals surface area contributed by atoms with Crippen LogP contribution in [0.4, 0.5) is 19.0 Å². The zero-order valence-corrected chi connectivity index (χ0v) is 12.8. The molecule has 1 N–H and O–H groups in total. The van der Waals surface area contributed by atoms with Crippen LogP contribution in [-0.2, 0) is 13.2 Å². The van der Waals surface area contributed by atoms with Gasteiger partial charge in [0.05, 0.1) is 5.52 Å². The zero-order valence-electron chi connectivity index (χ0n) is 12.8. The lowest BCUT2D eigenvalue weighted by Gasteiger charge is -2.08. The molecule has 124 valence electrons. The van der Waals surface area contributed by atoms with Crippen LogP contribution in [0.3, 0.4) is 0 Å².